The molecule has 6 heteroatoms. The molecule has 0 bridgehead atoms. The number of carbonyl (C=O) groups is 2. The van der Waals surface area contributed by atoms with Gasteiger partial charge < -0.3 is 15.0 Å². The van der Waals surface area contributed by atoms with Crippen LogP contribution in [0, 0.1) is 6.92 Å². The number of hydrogen-bond donors (Lipinski definition) is 1. The number of aromatic nitrogens is 1. The van der Waals surface area contributed by atoms with E-state index in [-0.39, 0.29) is 23.1 Å². The number of ether oxygens (including phenoxy) is 1. The monoisotopic (exact) mass is 449 g/mol. The van der Waals surface area contributed by atoms with E-state index in [1.54, 1.807) is 0 Å². The molecule has 2 aromatic rings. The first-order valence-corrected chi connectivity index (χ1v) is 12.2. The van der Waals surface area contributed by atoms with Gasteiger partial charge in [0.2, 0.25) is 5.91 Å². The number of likely N-dealkylation sites (tertiary alicyclic amines) is 1. The molecule has 1 aromatic carbocycles. The van der Waals surface area contributed by atoms with E-state index in [4.69, 9.17) is 9.72 Å². The number of carbonyl (C=O) groups excluding carboxylic acids is 2. The van der Waals surface area contributed by atoms with Crippen LogP contribution in [0.15, 0.2) is 42.5 Å². The maximum Gasteiger partial charge on any atom is 0.253 e. The Hall–Kier alpha value is -2.73. The summed E-state index contributed by atoms with van der Waals surface area (Å²) in [6.07, 6.45) is 4.48. The normalized spacial score (nSPS) is 17.6. The van der Waals surface area contributed by atoms with Crippen LogP contribution in [0.3, 0.4) is 0 Å². The van der Waals surface area contributed by atoms with Crippen molar-refractivity contribution in [1.29, 1.82) is 0 Å². The van der Waals surface area contributed by atoms with Crippen LogP contribution in [0.1, 0.15) is 72.3 Å². The number of nitrogens with one attached hydrogen (secondary N) is 1. The molecule has 1 saturated carbocycles. The molecule has 1 aliphatic heterocycles. The highest BCUT2D eigenvalue weighted by Crippen LogP contribution is 2.50. The Morgan fingerprint density at radius 2 is 1.82 bits per heavy atom. The Bertz CT molecular complexity index is 964. The molecule has 1 saturated heterocycles. The van der Waals surface area contributed by atoms with Gasteiger partial charge in [0.1, 0.15) is 0 Å². The first kappa shape index (κ1) is 23.4. The molecule has 2 heterocycles. The second-order valence-electron chi connectivity index (χ2n) is 9.27. The summed E-state index contributed by atoms with van der Waals surface area (Å²) in [4.78, 5) is 33.0. The summed E-state index contributed by atoms with van der Waals surface area (Å²) in [7, 11) is 0. The van der Waals surface area contributed by atoms with E-state index in [0.717, 1.165) is 49.1 Å². The summed E-state index contributed by atoms with van der Waals surface area (Å²) < 4.78 is 5.47. The first-order valence-electron chi connectivity index (χ1n) is 12.2. The molecule has 176 valence electrons. The molecule has 0 radical (unpaired) electrons. The van der Waals surface area contributed by atoms with Crippen LogP contribution in [0.25, 0.3) is 0 Å². The van der Waals surface area contributed by atoms with E-state index in [9.17, 15) is 9.59 Å². The first-order chi connectivity index (χ1) is 16.0. The number of hydrogen-bond acceptors (Lipinski definition) is 4. The van der Waals surface area contributed by atoms with Crippen molar-refractivity contribution >= 4 is 11.8 Å². The lowest BCUT2D eigenvalue weighted by molar-refractivity contribution is -0.135. The molecular formula is C27H35N3O3. The van der Waals surface area contributed by atoms with Crippen LogP contribution < -0.4 is 5.32 Å². The minimum atomic E-state index is -0.319. The van der Waals surface area contributed by atoms with E-state index in [0.29, 0.717) is 38.4 Å². The number of rotatable bonds is 9. The summed E-state index contributed by atoms with van der Waals surface area (Å²) in [6.45, 7) is 7.14. The molecule has 2 aliphatic rings. The summed E-state index contributed by atoms with van der Waals surface area (Å²) in [5.41, 5.74) is 3.23. The Labute approximate surface area is 196 Å². The number of amides is 2. The summed E-state index contributed by atoms with van der Waals surface area (Å²) in [5, 5.41) is 2.96. The van der Waals surface area contributed by atoms with Gasteiger partial charge in [0.05, 0.1) is 23.3 Å². The predicted octanol–water partition coefficient (Wildman–Crippen LogP) is 3.98. The molecule has 4 rings (SSSR count). The van der Waals surface area contributed by atoms with Gasteiger partial charge in [-0.05, 0) is 56.7 Å². The summed E-state index contributed by atoms with van der Waals surface area (Å²) >= 11 is 0. The van der Waals surface area contributed by atoms with Gasteiger partial charge in [-0.1, -0.05) is 37.3 Å². The fourth-order valence-electron chi connectivity index (χ4n) is 4.83. The molecule has 2 amide bonds. The zero-order valence-corrected chi connectivity index (χ0v) is 19.8. The van der Waals surface area contributed by atoms with Crippen LogP contribution in [0.2, 0.25) is 0 Å². The van der Waals surface area contributed by atoms with E-state index >= 15 is 0 Å². The Balaban J connectivity index is 1.39. The maximum absolute atomic E-state index is 13.4. The number of piperidine rings is 1. The zero-order valence-electron chi connectivity index (χ0n) is 19.8. The second kappa shape index (κ2) is 10.5. The Morgan fingerprint density at radius 1 is 1.09 bits per heavy atom. The highest BCUT2D eigenvalue weighted by molar-refractivity contribution is 5.95. The van der Waals surface area contributed by atoms with Crippen molar-refractivity contribution in [2.45, 2.75) is 57.3 Å². The van der Waals surface area contributed by atoms with Crippen molar-refractivity contribution in [2.75, 3.05) is 32.8 Å². The lowest BCUT2D eigenvalue weighted by Gasteiger charge is -2.35. The van der Waals surface area contributed by atoms with Crippen molar-refractivity contribution in [3.05, 3.63) is 65.0 Å². The van der Waals surface area contributed by atoms with Crippen molar-refractivity contribution in [3.8, 4) is 0 Å². The Kier molecular flexibility index (Phi) is 7.43. The van der Waals surface area contributed by atoms with Gasteiger partial charge in [-0.2, -0.15) is 0 Å². The quantitative estimate of drug-likeness (QED) is 0.588. The molecular weight excluding hydrogens is 414 g/mol. The lowest BCUT2D eigenvalue weighted by atomic mass is 9.88. The van der Waals surface area contributed by atoms with Crippen LogP contribution in [0.4, 0.5) is 0 Å². The SMILES string of the molecule is CCCOCCNC(=O)c1ccc(C)nc1C1CCN(C(=O)C2(c3ccccc3)CC2)CC1. The molecule has 33 heavy (non-hydrogen) atoms. The maximum atomic E-state index is 13.4. The molecule has 1 aromatic heterocycles. The van der Waals surface area contributed by atoms with E-state index < -0.39 is 0 Å². The minimum absolute atomic E-state index is 0.0999. The third-order valence-corrected chi connectivity index (χ3v) is 6.84. The molecule has 0 unspecified atom stereocenters. The topological polar surface area (TPSA) is 71.5 Å². The van der Waals surface area contributed by atoms with Crippen molar-refractivity contribution < 1.29 is 14.3 Å². The molecule has 0 spiro atoms. The van der Waals surface area contributed by atoms with Gasteiger partial charge in [0.15, 0.2) is 0 Å². The number of aryl methyl sites for hydroxylation is 1. The van der Waals surface area contributed by atoms with Gasteiger partial charge in [0, 0.05) is 37.9 Å². The minimum Gasteiger partial charge on any atom is -0.380 e. The third-order valence-electron chi connectivity index (χ3n) is 6.84. The third kappa shape index (κ3) is 5.27. The predicted molar refractivity (Wildman–Crippen MR) is 128 cm³/mol. The largest absolute Gasteiger partial charge is 0.380 e. The van der Waals surface area contributed by atoms with Crippen LogP contribution in [-0.4, -0.2) is 54.5 Å². The van der Waals surface area contributed by atoms with Crippen LogP contribution in [-0.2, 0) is 14.9 Å². The lowest BCUT2D eigenvalue weighted by Crippen LogP contribution is -2.44. The number of pyridine rings is 1. The van der Waals surface area contributed by atoms with Crippen molar-refractivity contribution in [1.82, 2.24) is 15.2 Å². The van der Waals surface area contributed by atoms with E-state index in [2.05, 4.69) is 24.4 Å². The van der Waals surface area contributed by atoms with Gasteiger partial charge in [-0.25, -0.2) is 0 Å². The molecule has 2 fully saturated rings. The van der Waals surface area contributed by atoms with E-state index in [1.165, 1.54) is 0 Å². The summed E-state index contributed by atoms with van der Waals surface area (Å²) in [6, 6.07) is 13.9. The highest BCUT2D eigenvalue weighted by Gasteiger charge is 2.53. The molecule has 1 aliphatic carbocycles. The standard InChI is InChI=1S/C27H35N3O3/c1-3-18-33-19-15-28-25(31)23-10-9-20(2)29-24(23)21-11-16-30(17-12-21)26(32)27(13-14-27)22-7-5-4-6-8-22/h4-10,21H,3,11-19H2,1-2H3,(H,28,31). The number of nitrogens with zero attached hydrogens (tertiary/aromatic N) is 2. The molecule has 0 atom stereocenters. The summed E-state index contributed by atoms with van der Waals surface area (Å²) in [5.74, 6) is 0.337. The fraction of sp³-hybridized carbons (Fsp3) is 0.519. The smallest absolute Gasteiger partial charge is 0.253 e. The van der Waals surface area contributed by atoms with Gasteiger partial charge >= 0.3 is 0 Å². The van der Waals surface area contributed by atoms with Gasteiger partial charge in [-0.3, -0.25) is 14.6 Å². The van der Waals surface area contributed by atoms with Crippen LogP contribution >= 0.6 is 0 Å². The van der Waals surface area contributed by atoms with Crippen molar-refractivity contribution in [3.63, 3.8) is 0 Å². The van der Waals surface area contributed by atoms with Gasteiger partial charge in [0.25, 0.3) is 5.91 Å². The average Bonchev–Trinajstić information content (AvgIpc) is 3.66. The zero-order chi connectivity index (χ0) is 23.3. The van der Waals surface area contributed by atoms with Gasteiger partial charge in [-0.15, -0.1) is 0 Å². The second-order valence-corrected chi connectivity index (χ2v) is 9.27. The van der Waals surface area contributed by atoms with Crippen molar-refractivity contribution in [2.24, 2.45) is 0 Å². The highest BCUT2D eigenvalue weighted by atomic mass is 16.5. The van der Waals surface area contributed by atoms with E-state index in [1.807, 2.05) is 42.2 Å². The average molecular weight is 450 g/mol. The molecule has 1 N–H and O–H groups in total. The fourth-order valence-corrected chi connectivity index (χ4v) is 4.83. The number of benzene rings is 1. The van der Waals surface area contributed by atoms with Crippen LogP contribution in [0.5, 0.6) is 0 Å². The molecule has 6 nitrogen and oxygen atoms in total. The Morgan fingerprint density at radius 3 is 2.48 bits per heavy atom.